The molecule has 9 heteroatoms. The quantitative estimate of drug-likeness (QED) is 0.340. The van der Waals surface area contributed by atoms with Gasteiger partial charge in [-0.25, -0.2) is 0 Å². The molecular formula is C35H43N3O5S. The average molecular weight is 618 g/mol. The Balaban J connectivity index is 1.63. The Labute approximate surface area is 264 Å². The second kappa shape index (κ2) is 12.4. The van der Waals surface area contributed by atoms with Crippen LogP contribution in [0.1, 0.15) is 33.6 Å². The van der Waals surface area contributed by atoms with E-state index in [1.807, 2.05) is 56.3 Å². The van der Waals surface area contributed by atoms with Crippen LogP contribution in [0.3, 0.4) is 0 Å². The van der Waals surface area contributed by atoms with Gasteiger partial charge >= 0.3 is 0 Å². The van der Waals surface area contributed by atoms with Gasteiger partial charge in [0.2, 0.25) is 11.8 Å². The Morgan fingerprint density at radius 3 is 2.16 bits per heavy atom. The molecule has 3 heterocycles. The minimum absolute atomic E-state index is 0.114. The fourth-order valence-electron chi connectivity index (χ4n) is 7.59. The molecule has 0 aliphatic carbocycles. The van der Waals surface area contributed by atoms with Crippen molar-refractivity contribution in [1.29, 1.82) is 0 Å². The standard InChI is InChI=1S/C35H43N3O5S/c1-7-20-36(24-12-10-9-11-13-24)31(40)28-29-32(41)38(27(22-39)23(3)4)30(35(29)19-18-34(28,5)44-35)33(42)37(21-8-2)25-14-16-26(43-6)17-15-25/h7-17,23,27-30,39H,1-2,18-22H2,3-6H3/t27-,28-,29-,30?,34+,35?/m0/s1. The SMILES string of the molecule is C=CCN(C(=O)C1N([C@@H](CO)C(C)C)C(=O)[C@@H]2[C@@H](C(=O)N(CC=C)c3ccccc3)[C@@]3(C)CCC12S3)c1ccc(OC)cc1. The minimum atomic E-state index is -0.865. The first kappa shape index (κ1) is 31.9. The topological polar surface area (TPSA) is 90.4 Å². The molecule has 3 aliphatic heterocycles. The number of likely N-dealkylation sites (tertiary alicyclic amines) is 1. The third-order valence-electron chi connectivity index (χ3n) is 9.64. The molecule has 6 atom stereocenters. The number of carbonyl (C=O) groups is 3. The molecule has 2 unspecified atom stereocenters. The van der Waals surface area contributed by atoms with E-state index < -0.39 is 33.4 Å². The largest absolute Gasteiger partial charge is 0.497 e. The predicted octanol–water partition coefficient (Wildman–Crippen LogP) is 4.93. The van der Waals surface area contributed by atoms with Crippen molar-refractivity contribution in [2.75, 3.05) is 36.6 Å². The number of hydrogen-bond acceptors (Lipinski definition) is 6. The van der Waals surface area contributed by atoms with Crippen LogP contribution >= 0.6 is 11.8 Å². The zero-order chi connectivity index (χ0) is 31.8. The zero-order valence-corrected chi connectivity index (χ0v) is 26.8. The summed E-state index contributed by atoms with van der Waals surface area (Å²) in [6.45, 7) is 14.0. The lowest BCUT2D eigenvalue weighted by Gasteiger charge is -2.40. The normalized spacial score (nSPS) is 27.6. The molecule has 5 rings (SSSR count). The molecule has 8 nitrogen and oxygen atoms in total. The number of para-hydroxylation sites is 1. The summed E-state index contributed by atoms with van der Waals surface area (Å²) in [6.07, 6.45) is 4.68. The number of ether oxygens (including phenoxy) is 1. The van der Waals surface area contributed by atoms with E-state index in [-0.39, 0.29) is 36.8 Å². The number of benzene rings is 2. The fraction of sp³-hybridized carbons (Fsp3) is 0.457. The summed E-state index contributed by atoms with van der Waals surface area (Å²) < 4.78 is 3.97. The lowest BCUT2D eigenvalue weighted by atomic mass is 9.66. The zero-order valence-electron chi connectivity index (χ0n) is 26.0. The maximum Gasteiger partial charge on any atom is 0.251 e. The number of amides is 3. The second-order valence-corrected chi connectivity index (χ2v) is 14.4. The maximum absolute atomic E-state index is 14.9. The van der Waals surface area contributed by atoms with Crippen molar-refractivity contribution in [2.24, 2.45) is 17.8 Å². The number of nitrogens with zero attached hydrogens (tertiary/aromatic N) is 3. The van der Waals surface area contributed by atoms with E-state index in [0.717, 1.165) is 5.69 Å². The van der Waals surface area contributed by atoms with Gasteiger partial charge in [-0.15, -0.1) is 24.9 Å². The Bertz CT molecular complexity index is 1420. The van der Waals surface area contributed by atoms with Crippen LogP contribution in [0.15, 0.2) is 79.9 Å². The molecule has 3 saturated heterocycles. The molecule has 0 aromatic heterocycles. The van der Waals surface area contributed by atoms with Gasteiger partial charge in [-0.2, -0.15) is 0 Å². The summed E-state index contributed by atoms with van der Waals surface area (Å²) >= 11 is 1.63. The Morgan fingerprint density at radius 1 is 1.02 bits per heavy atom. The molecular weight excluding hydrogens is 574 g/mol. The summed E-state index contributed by atoms with van der Waals surface area (Å²) in [5.41, 5.74) is 1.40. The molecule has 1 N–H and O–H groups in total. The molecule has 2 bridgehead atoms. The van der Waals surface area contributed by atoms with Crippen LogP contribution in [-0.2, 0) is 14.4 Å². The second-order valence-electron chi connectivity index (χ2n) is 12.5. The highest BCUT2D eigenvalue weighted by atomic mass is 32.2. The molecule has 1 spiro atoms. The van der Waals surface area contributed by atoms with Crippen LogP contribution < -0.4 is 14.5 Å². The van der Waals surface area contributed by atoms with E-state index >= 15 is 0 Å². The smallest absolute Gasteiger partial charge is 0.251 e. The number of rotatable bonds is 12. The first-order chi connectivity index (χ1) is 21.1. The Hall–Kier alpha value is -3.56. The first-order valence-corrected chi connectivity index (χ1v) is 16.1. The summed E-state index contributed by atoms with van der Waals surface area (Å²) in [5, 5.41) is 10.6. The summed E-state index contributed by atoms with van der Waals surface area (Å²) in [5.74, 6) is -1.41. The van der Waals surface area contributed by atoms with Crippen LogP contribution in [0.25, 0.3) is 0 Å². The van der Waals surface area contributed by atoms with E-state index in [2.05, 4.69) is 20.1 Å². The highest BCUT2D eigenvalue weighted by Crippen LogP contribution is 2.72. The molecule has 234 valence electrons. The van der Waals surface area contributed by atoms with Crippen molar-refractivity contribution in [3.63, 3.8) is 0 Å². The van der Waals surface area contributed by atoms with Crippen molar-refractivity contribution in [2.45, 2.75) is 55.2 Å². The lowest BCUT2D eigenvalue weighted by Crippen LogP contribution is -2.58. The van der Waals surface area contributed by atoms with Crippen LogP contribution in [0.5, 0.6) is 5.75 Å². The van der Waals surface area contributed by atoms with Crippen molar-refractivity contribution in [3.8, 4) is 5.75 Å². The Morgan fingerprint density at radius 2 is 1.61 bits per heavy atom. The van der Waals surface area contributed by atoms with Gasteiger partial charge in [0.15, 0.2) is 0 Å². The van der Waals surface area contributed by atoms with Gasteiger partial charge in [-0.1, -0.05) is 44.2 Å². The van der Waals surface area contributed by atoms with Crippen molar-refractivity contribution in [3.05, 3.63) is 79.9 Å². The third-order valence-corrected chi connectivity index (χ3v) is 11.6. The maximum atomic E-state index is 14.9. The van der Waals surface area contributed by atoms with Crippen molar-refractivity contribution >= 4 is 40.9 Å². The monoisotopic (exact) mass is 617 g/mol. The van der Waals surface area contributed by atoms with E-state index in [1.165, 1.54) is 0 Å². The number of thioether (sulfide) groups is 1. The van der Waals surface area contributed by atoms with Gasteiger partial charge in [-0.3, -0.25) is 14.4 Å². The summed E-state index contributed by atoms with van der Waals surface area (Å²) in [7, 11) is 1.59. The van der Waals surface area contributed by atoms with E-state index in [4.69, 9.17) is 4.74 Å². The molecule has 3 fully saturated rings. The summed E-state index contributed by atoms with van der Waals surface area (Å²) in [4.78, 5) is 49.3. The Kier molecular flexibility index (Phi) is 9.01. The van der Waals surface area contributed by atoms with E-state index in [0.29, 0.717) is 30.8 Å². The van der Waals surface area contributed by atoms with Crippen LogP contribution in [0, 0.1) is 17.8 Å². The van der Waals surface area contributed by atoms with Gasteiger partial charge in [0.1, 0.15) is 11.8 Å². The van der Waals surface area contributed by atoms with Crippen molar-refractivity contribution < 1.29 is 24.2 Å². The number of aliphatic hydroxyl groups is 1. The van der Waals surface area contributed by atoms with Crippen LogP contribution in [0.4, 0.5) is 11.4 Å². The van der Waals surface area contributed by atoms with E-state index in [9.17, 15) is 19.5 Å². The van der Waals surface area contributed by atoms with E-state index in [1.54, 1.807) is 57.9 Å². The van der Waals surface area contributed by atoms with Gasteiger partial charge in [-0.05, 0) is 62.1 Å². The van der Waals surface area contributed by atoms with Gasteiger partial charge in [0, 0.05) is 29.2 Å². The molecule has 2 aromatic rings. The van der Waals surface area contributed by atoms with Gasteiger partial charge in [0.05, 0.1) is 36.3 Å². The summed E-state index contributed by atoms with van der Waals surface area (Å²) in [6, 6.07) is 15.2. The van der Waals surface area contributed by atoms with Gasteiger partial charge in [0.25, 0.3) is 5.91 Å². The lowest BCUT2D eigenvalue weighted by molar-refractivity contribution is -0.143. The minimum Gasteiger partial charge on any atom is -0.497 e. The number of anilines is 2. The molecule has 0 radical (unpaired) electrons. The molecule has 3 amide bonds. The highest BCUT2D eigenvalue weighted by molar-refractivity contribution is 8.02. The fourth-order valence-corrected chi connectivity index (χ4v) is 9.92. The molecule has 3 aliphatic rings. The number of hydrogen-bond donors (Lipinski definition) is 1. The number of fused-ring (bicyclic) bond motifs is 1. The number of methoxy groups -OCH3 is 1. The molecule has 44 heavy (non-hydrogen) atoms. The average Bonchev–Trinajstić information content (AvgIpc) is 3.59. The van der Waals surface area contributed by atoms with Crippen LogP contribution in [-0.4, -0.2) is 76.1 Å². The predicted molar refractivity (Wildman–Crippen MR) is 176 cm³/mol. The van der Waals surface area contributed by atoms with Crippen LogP contribution in [0.2, 0.25) is 0 Å². The van der Waals surface area contributed by atoms with Crippen molar-refractivity contribution in [1.82, 2.24) is 4.90 Å². The molecule has 2 aromatic carbocycles. The number of aliphatic hydroxyl groups excluding tert-OH is 1. The third kappa shape index (κ3) is 5.04. The van der Waals surface area contributed by atoms with Gasteiger partial charge < -0.3 is 24.5 Å². The number of carbonyl (C=O) groups excluding carboxylic acids is 3. The highest BCUT2D eigenvalue weighted by Gasteiger charge is 2.78. The first-order valence-electron chi connectivity index (χ1n) is 15.2. The molecule has 0 saturated carbocycles.